The van der Waals surface area contributed by atoms with E-state index >= 15 is 0 Å². The molecule has 11 heteroatoms. The summed E-state index contributed by atoms with van der Waals surface area (Å²) < 4.78 is 0. The zero-order valence-electron chi connectivity index (χ0n) is 21.7. The van der Waals surface area contributed by atoms with Crippen LogP contribution in [0.15, 0.2) is 42.6 Å². The van der Waals surface area contributed by atoms with Gasteiger partial charge in [0.05, 0.1) is 29.0 Å². The first kappa shape index (κ1) is 26.5. The van der Waals surface area contributed by atoms with Crippen LogP contribution in [0.5, 0.6) is 0 Å². The van der Waals surface area contributed by atoms with Crippen LogP contribution in [0.1, 0.15) is 29.8 Å². The lowest BCUT2D eigenvalue weighted by Gasteiger charge is -2.38. The van der Waals surface area contributed by atoms with E-state index in [4.69, 9.17) is 23.2 Å². The number of fused-ring (bicyclic) bond motifs is 1. The molecule has 2 aromatic carbocycles. The molecule has 3 aromatic rings. The molecule has 3 heterocycles. The highest BCUT2D eigenvalue weighted by atomic mass is 35.5. The molecule has 2 aliphatic rings. The fraction of sp³-hybridized carbons (Fsp3) is 0.370. The lowest BCUT2D eigenvalue weighted by atomic mass is 10.1. The minimum atomic E-state index is -0.280. The molecule has 1 fully saturated rings. The van der Waals surface area contributed by atoms with Gasteiger partial charge >= 0.3 is 0 Å². The number of hydrogen-bond acceptors (Lipinski definition) is 8. The minimum Gasteiger partial charge on any atom is -0.392 e. The average Bonchev–Trinajstić information content (AvgIpc) is 2.91. The van der Waals surface area contributed by atoms with Gasteiger partial charge < -0.3 is 20.2 Å². The van der Waals surface area contributed by atoms with Gasteiger partial charge in [0, 0.05) is 62.4 Å². The molecule has 5 rings (SSSR count). The Morgan fingerprint density at radius 3 is 2.45 bits per heavy atom. The number of rotatable bonds is 6. The number of aromatic nitrogens is 2. The van der Waals surface area contributed by atoms with E-state index in [-0.39, 0.29) is 19.2 Å². The Balaban J connectivity index is 1.35. The number of amides is 1. The highest BCUT2D eigenvalue weighted by Gasteiger charge is 2.32. The van der Waals surface area contributed by atoms with Crippen molar-refractivity contribution >= 4 is 57.9 Å². The van der Waals surface area contributed by atoms with Gasteiger partial charge in [-0.25, -0.2) is 4.98 Å². The summed E-state index contributed by atoms with van der Waals surface area (Å²) in [7, 11) is 1.84. The van der Waals surface area contributed by atoms with Crippen molar-refractivity contribution in [3.63, 3.8) is 0 Å². The van der Waals surface area contributed by atoms with Crippen LogP contribution in [0.4, 0.5) is 28.8 Å². The second-order valence-electron chi connectivity index (χ2n) is 9.82. The van der Waals surface area contributed by atoms with Gasteiger partial charge in [0.15, 0.2) is 0 Å². The van der Waals surface area contributed by atoms with Crippen LogP contribution >= 0.6 is 23.2 Å². The number of nitrogens with zero attached hydrogens (tertiary/aromatic N) is 6. The number of halogens is 2. The summed E-state index contributed by atoms with van der Waals surface area (Å²) in [6.45, 7) is 8.47. The molecule has 9 nitrogen and oxygen atoms in total. The third kappa shape index (κ3) is 5.11. The van der Waals surface area contributed by atoms with Crippen molar-refractivity contribution in [3.05, 3.63) is 63.8 Å². The monoisotopic (exact) mass is 555 g/mol. The number of anilines is 5. The van der Waals surface area contributed by atoms with Crippen molar-refractivity contribution in [2.24, 2.45) is 0 Å². The molecule has 0 spiro atoms. The summed E-state index contributed by atoms with van der Waals surface area (Å²) in [5, 5.41) is 14.1. The molecular formula is C27H31Cl2N7O2. The van der Waals surface area contributed by atoms with E-state index in [2.05, 4.69) is 38.9 Å². The summed E-state index contributed by atoms with van der Waals surface area (Å²) in [6.07, 6.45) is 1.50. The quantitative estimate of drug-likeness (QED) is 0.456. The molecule has 0 aliphatic carbocycles. The number of benzene rings is 2. The Morgan fingerprint density at radius 2 is 1.79 bits per heavy atom. The van der Waals surface area contributed by atoms with Gasteiger partial charge in [-0.2, -0.15) is 4.98 Å². The molecule has 0 bridgehead atoms. The molecule has 38 heavy (non-hydrogen) atoms. The molecule has 1 amide bonds. The van der Waals surface area contributed by atoms with E-state index in [9.17, 15) is 9.90 Å². The number of hydrogen-bond donors (Lipinski definition) is 2. The van der Waals surface area contributed by atoms with Crippen molar-refractivity contribution in [3.8, 4) is 0 Å². The number of aliphatic hydroxyl groups is 1. The molecule has 1 saturated heterocycles. The molecule has 0 saturated carbocycles. The Bertz CT molecular complexity index is 1320. The number of aliphatic hydroxyl groups excluding tert-OH is 1. The molecule has 0 unspecified atom stereocenters. The highest BCUT2D eigenvalue weighted by Crippen LogP contribution is 2.37. The molecule has 1 aromatic heterocycles. The van der Waals surface area contributed by atoms with Crippen molar-refractivity contribution in [2.45, 2.75) is 26.5 Å². The van der Waals surface area contributed by atoms with Crippen LogP contribution in [0, 0.1) is 0 Å². The summed E-state index contributed by atoms with van der Waals surface area (Å²) in [5.74, 6) is 0.551. The fourth-order valence-corrected chi connectivity index (χ4v) is 5.53. The van der Waals surface area contributed by atoms with Crippen molar-refractivity contribution in [2.75, 3.05) is 59.9 Å². The Kier molecular flexibility index (Phi) is 7.63. The van der Waals surface area contributed by atoms with Gasteiger partial charge in [-0.3, -0.25) is 14.6 Å². The zero-order chi connectivity index (χ0) is 27.0. The van der Waals surface area contributed by atoms with E-state index in [0.717, 1.165) is 37.4 Å². The molecule has 200 valence electrons. The SMILES string of the molecule is CC(C)N1CCN(c2ccc(Nc3ncc4c(n3)N(C)CN(c3c(Cl)cccc3Cl)C4=O)c(CO)c2)CC1. The first-order valence-corrected chi connectivity index (χ1v) is 13.4. The Hall–Kier alpha value is -3.11. The largest absolute Gasteiger partial charge is 0.392 e. The normalized spacial score (nSPS) is 16.3. The van der Waals surface area contributed by atoms with E-state index in [1.54, 1.807) is 18.2 Å². The third-order valence-electron chi connectivity index (χ3n) is 7.08. The van der Waals surface area contributed by atoms with Crippen LogP contribution in [-0.4, -0.2) is 71.8 Å². The van der Waals surface area contributed by atoms with E-state index in [1.807, 2.05) is 30.1 Å². The maximum atomic E-state index is 13.3. The first-order chi connectivity index (χ1) is 18.3. The maximum Gasteiger partial charge on any atom is 0.265 e. The van der Waals surface area contributed by atoms with Gasteiger partial charge in [0.1, 0.15) is 11.4 Å². The van der Waals surface area contributed by atoms with Gasteiger partial charge in [-0.05, 0) is 44.2 Å². The first-order valence-electron chi connectivity index (χ1n) is 12.6. The van der Waals surface area contributed by atoms with Crippen molar-refractivity contribution in [1.82, 2.24) is 14.9 Å². The van der Waals surface area contributed by atoms with Crippen molar-refractivity contribution < 1.29 is 9.90 Å². The standard InChI is InChI=1S/C27H31Cl2N7O2/c1-17(2)34-9-11-35(12-10-34)19-7-8-23(18(13-19)15-37)31-27-30-14-20-25(32-27)33(3)16-36(26(20)38)24-21(28)5-4-6-22(24)29/h4-8,13-14,17,37H,9-12,15-16H2,1-3H3,(H,30,31,32). The molecule has 0 radical (unpaired) electrons. The Morgan fingerprint density at radius 1 is 1.08 bits per heavy atom. The highest BCUT2D eigenvalue weighted by molar-refractivity contribution is 6.40. The second-order valence-corrected chi connectivity index (χ2v) is 10.6. The zero-order valence-corrected chi connectivity index (χ0v) is 23.2. The van der Waals surface area contributed by atoms with E-state index in [1.165, 1.54) is 11.1 Å². The van der Waals surface area contributed by atoms with Gasteiger partial charge in [0.2, 0.25) is 5.95 Å². The summed E-state index contributed by atoms with van der Waals surface area (Å²) in [4.78, 5) is 30.5. The van der Waals surface area contributed by atoms with Crippen LogP contribution in [-0.2, 0) is 6.61 Å². The Labute approximate surface area is 232 Å². The summed E-state index contributed by atoms with van der Waals surface area (Å²) >= 11 is 12.7. The second kappa shape index (κ2) is 10.9. The van der Waals surface area contributed by atoms with Crippen LogP contribution in [0.3, 0.4) is 0 Å². The number of carbonyl (C=O) groups is 1. The lowest BCUT2D eigenvalue weighted by Crippen LogP contribution is -2.48. The third-order valence-corrected chi connectivity index (χ3v) is 7.69. The van der Waals surface area contributed by atoms with Crippen LogP contribution in [0.2, 0.25) is 10.0 Å². The summed E-state index contributed by atoms with van der Waals surface area (Å²) in [5.41, 5.74) is 3.35. The molecular weight excluding hydrogens is 525 g/mol. The topological polar surface area (TPSA) is 88.1 Å². The van der Waals surface area contributed by atoms with Gasteiger partial charge in [-0.15, -0.1) is 0 Å². The van der Waals surface area contributed by atoms with Crippen molar-refractivity contribution in [1.29, 1.82) is 0 Å². The predicted octanol–water partition coefficient (Wildman–Crippen LogP) is 4.60. The maximum absolute atomic E-state index is 13.3. The van der Waals surface area contributed by atoms with E-state index < -0.39 is 0 Å². The number of nitrogens with one attached hydrogen (secondary N) is 1. The number of para-hydroxylation sites is 1. The lowest BCUT2D eigenvalue weighted by molar-refractivity contribution is 0.0982. The van der Waals surface area contributed by atoms with E-state index in [0.29, 0.717) is 44.8 Å². The average molecular weight is 556 g/mol. The number of carbonyl (C=O) groups excluding carboxylic acids is 1. The van der Waals surface area contributed by atoms with Gasteiger partial charge in [0.25, 0.3) is 5.91 Å². The molecule has 2 N–H and O–H groups in total. The predicted molar refractivity (Wildman–Crippen MR) is 153 cm³/mol. The molecule has 2 aliphatic heterocycles. The van der Waals surface area contributed by atoms with Crippen LogP contribution in [0.25, 0.3) is 0 Å². The number of piperazine rings is 1. The minimum absolute atomic E-state index is 0.126. The smallest absolute Gasteiger partial charge is 0.265 e. The molecule has 0 atom stereocenters. The van der Waals surface area contributed by atoms with Crippen LogP contribution < -0.4 is 20.0 Å². The summed E-state index contributed by atoms with van der Waals surface area (Å²) in [6, 6.07) is 11.7. The van der Waals surface area contributed by atoms with Gasteiger partial charge in [-0.1, -0.05) is 29.3 Å². The fourth-order valence-electron chi connectivity index (χ4n) is 4.93.